The minimum Gasteiger partial charge on any atom is -0.484 e. The van der Waals surface area contributed by atoms with Crippen LogP contribution in [0.2, 0.25) is 10.0 Å². The quantitative estimate of drug-likeness (QED) is 0.876. The number of aromatic nitrogens is 1. The molecule has 0 atom stereocenters. The van der Waals surface area contributed by atoms with Crippen molar-refractivity contribution in [2.75, 3.05) is 6.54 Å². The third-order valence-corrected chi connectivity index (χ3v) is 3.19. The molecule has 4 nitrogen and oxygen atoms in total. The van der Waals surface area contributed by atoms with E-state index >= 15 is 0 Å². The average Bonchev–Trinajstić information content (AvgIpc) is 2.80. The molecule has 0 amide bonds. The molecule has 0 saturated carbocycles. The van der Waals surface area contributed by atoms with Crippen molar-refractivity contribution in [1.29, 1.82) is 0 Å². The maximum Gasteiger partial charge on any atom is 0.174 e. The summed E-state index contributed by atoms with van der Waals surface area (Å²) in [7, 11) is 0. The van der Waals surface area contributed by atoms with Gasteiger partial charge >= 0.3 is 0 Å². The Labute approximate surface area is 128 Å². The van der Waals surface area contributed by atoms with Gasteiger partial charge in [-0.2, -0.15) is 0 Å². The van der Waals surface area contributed by atoms with E-state index in [0.717, 1.165) is 17.8 Å². The van der Waals surface area contributed by atoms with Gasteiger partial charge in [-0.3, -0.25) is 0 Å². The van der Waals surface area contributed by atoms with Gasteiger partial charge in [0.25, 0.3) is 0 Å². The van der Waals surface area contributed by atoms with Crippen LogP contribution >= 0.6 is 23.2 Å². The van der Waals surface area contributed by atoms with Gasteiger partial charge < -0.3 is 14.6 Å². The molecule has 0 fully saturated rings. The highest BCUT2D eigenvalue weighted by molar-refractivity contribution is 6.35. The number of hydrogen-bond acceptors (Lipinski definition) is 4. The van der Waals surface area contributed by atoms with Gasteiger partial charge in [0.15, 0.2) is 5.76 Å². The minimum atomic E-state index is 0.279. The fourth-order valence-corrected chi connectivity index (χ4v) is 2.38. The molecule has 0 saturated heterocycles. The van der Waals surface area contributed by atoms with Gasteiger partial charge in [0, 0.05) is 23.2 Å². The number of rotatable bonds is 6. The molecule has 108 valence electrons. The van der Waals surface area contributed by atoms with Gasteiger partial charge in [-0.05, 0) is 25.6 Å². The SMILES string of the molecule is CCNCc1cc(Cl)cc(Cl)c1OCc1cc(C)no1. The molecule has 1 N–H and O–H groups in total. The summed E-state index contributed by atoms with van der Waals surface area (Å²) in [6.07, 6.45) is 0. The fourth-order valence-electron chi connectivity index (χ4n) is 1.79. The molecule has 2 rings (SSSR count). The summed E-state index contributed by atoms with van der Waals surface area (Å²) in [5, 5.41) is 8.12. The van der Waals surface area contributed by atoms with Gasteiger partial charge in [-0.1, -0.05) is 35.3 Å². The van der Waals surface area contributed by atoms with Gasteiger partial charge in [0.05, 0.1) is 10.7 Å². The van der Waals surface area contributed by atoms with Crippen molar-refractivity contribution in [2.45, 2.75) is 27.0 Å². The molecule has 0 radical (unpaired) electrons. The number of ether oxygens (including phenoxy) is 1. The molecular weight excluding hydrogens is 299 g/mol. The normalized spacial score (nSPS) is 10.8. The summed E-state index contributed by atoms with van der Waals surface area (Å²) >= 11 is 12.2. The summed E-state index contributed by atoms with van der Waals surface area (Å²) in [4.78, 5) is 0. The molecule has 0 unspecified atom stereocenters. The second kappa shape index (κ2) is 6.97. The summed E-state index contributed by atoms with van der Waals surface area (Å²) < 4.78 is 10.9. The van der Waals surface area contributed by atoms with Crippen molar-refractivity contribution >= 4 is 23.2 Å². The molecule has 20 heavy (non-hydrogen) atoms. The molecule has 0 spiro atoms. The van der Waals surface area contributed by atoms with Crippen LogP contribution in [0.25, 0.3) is 0 Å². The summed E-state index contributed by atoms with van der Waals surface area (Å²) in [5.41, 5.74) is 1.74. The Hall–Kier alpha value is -1.23. The van der Waals surface area contributed by atoms with Crippen LogP contribution < -0.4 is 10.1 Å². The Morgan fingerprint density at radius 1 is 1.30 bits per heavy atom. The number of halogens is 2. The van der Waals surface area contributed by atoms with E-state index in [4.69, 9.17) is 32.5 Å². The molecule has 0 aliphatic carbocycles. The Kier molecular flexibility index (Phi) is 5.29. The number of nitrogens with one attached hydrogen (secondary N) is 1. The summed E-state index contributed by atoms with van der Waals surface area (Å²) in [5.74, 6) is 1.27. The van der Waals surface area contributed by atoms with Crippen molar-refractivity contribution < 1.29 is 9.26 Å². The van der Waals surface area contributed by atoms with Crippen LogP contribution in [0.5, 0.6) is 5.75 Å². The standard InChI is InChI=1S/C14H16Cl2N2O2/c1-3-17-7-10-5-11(15)6-13(16)14(10)19-8-12-4-9(2)18-20-12/h4-6,17H,3,7-8H2,1-2H3. The van der Waals surface area contributed by atoms with Crippen molar-refractivity contribution in [2.24, 2.45) is 0 Å². The molecule has 1 aromatic heterocycles. The van der Waals surface area contributed by atoms with Crippen LogP contribution in [0.4, 0.5) is 0 Å². The number of hydrogen-bond donors (Lipinski definition) is 1. The molecule has 1 aromatic carbocycles. The predicted octanol–water partition coefficient (Wildman–Crippen LogP) is 3.98. The molecule has 1 heterocycles. The minimum absolute atomic E-state index is 0.279. The van der Waals surface area contributed by atoms with Crippen LogP contribution in [-0.4, -0.2) is 11.7 Å². The van der Waals surface area contributed by atoms with E-state index in [1.54, 1.807) is 6.07 Å². The van der Waals surface area contributed by atoms with Crippen LogP contribution in [0, 0.1) is 6.92 Å². The highest BCUT2D eigenvalue weighted by Gasteiger charge is 2.12. The van der Waals surface area contributed by atoms with Crippen LogP contribution in [0.3, 0.4) is 0 Å². The van der Waals surface area contributed by atoms with Gasteiger partial charge in [0.1, 0.15) is 12.4 Å². The molecule has 0 bridgehead atoms. The zero-order valence-corrected chi connectivity index (χ0v) is 12.9. The number of benzene rings is 1. The first-order valence-corrected chi connectivity index (χ1v) is 7.09. The molecule has 2 aromatic rings. The third kappa shape index (κ3) is 3.88. The van der Waals surface area contributed by atoms with Crippen LogP contribution in [0.1, 0.15) is 23.9 Å². The van der Waals surface area contributed by atoms with Gasteiger partial charge in [-0.25, -0.2) is 0 Å². The topological polar surface area (TPSA) is 47.3 Å². The van der Waals surface area contributed by atoms with E-state index in [9.17, 15) is 0 Å². The van der Waals surface area contributed by atoms with E-state index in [1.807, 2.05) is 26.0 Å². The Morgan fingerprint density at radius 2 is 2.10 bits per heavy atom. The Bertz CT molecular complexity index is 585. The van der Waals surface area contributed by atoms with Crippen molar-refractivity contribution in [1.82, 2.24) is 10.5 Å². The van der Waals surface area contributed by atoms with E-state index in [2.05, 4.69) is 10.5 Å². The summed E-state index contributed by atoms with van der Waals surface area (Å²) in [6, 6.07) is 5.34. The first-order chi connectivity index (χ1) is 9.60. The van der Waals surface area contributed by atoms with Gasteiger partial charge in [-0.15, -0.1) is 0 Å². The maximum absolute atomic E-state index is 6.20. The highest BCUT2D eigenvalue weighted by atomic mass is 35.5. The van der Waals surface area contributed by atoms with Crippen LogP contribution in [0.15, 0.2) is 22.7 Å². The van der Waals surface area contributed by atoms with E-state index < -0.39 is 0 Å². The zero-order chi connectivity index (χ0) is 14.5. The van der Waals surface area contributed by atoms with E-state index in [1.165, 1.54) is 0 Å². The lowest BCUT2D eigenvalue weighted by Crippen LogP contribution is -2.13. The number of aryl methyl sites for hydroxylation is 1. The van der Waals surface area contributed by atoms with Crippen molar-refractivity contribution in [3.05, 3.63) is 45.3 Å². The molecule has 0 aliphatic rings. The van der Waals surface area contributed by atoms with E-state index in [-0.39, 0.29) is 6.61 Å². The highest BCUT2D eigenvalue weighted by Crippen LogP contribution is 2.33. The Balaban J connectivity index is 2.16. The lowest BCUT2D eigenvalue weighted by Gasteiger charge is -2.13. The lowest BCUT2D eigenvalue weighted by molar-refractivity contribution is 0.246. The lowest BCUT2D eigenvalue weighted by atomic mass is 10.2. The zero-order valence-electron chi connectivity index (χ0n) is 11.4. The van der Waals surface area contributed by atoms with Gasteiger partial charge in [0.2, 0.25) is 0 Å². The smallest absolute Gasteiger partial charge is 0.174 e. The van der Waals surface area contributed by atoms with Crippen molar-refractivity contribution in [3.63, 3.8) is 0 Å². The largest absolute Gasteiger partial charge is 0.484 e. The monoisotopic (exact) mass is 314 g/mol. The first-order valence-electron chi connectivity index (χ1n) is 6.33. The van der Waals surface area contributed by atoms with E-state index in [0.29, 0.717) is 28.1 Å². The average molecular weight is 315 g/mol. The first kappa shape index (κ1) is 15.2. The maximum atomic E-state index is 6.20. The molecule has 6 heteroatoms. The van der Waals surface area contributed by atoms with Crippen molar-refractivity contribution in [3.8, 4) is 5.75 Å². The third-order valence-electron chi connectivity index (χ3n) is 2.69. The molecular formula is C14H16Cl2N2O2. The predicted molar refractivity (Wildman–Crippen MR) is 79.4 cm³/mol. The second-order valence-corrected chi connectivity index (χ2v) is 5.22. The summed E-state index contributed by atoms with van der Waals surface area (Å²) in [6.45, 7) is 5.66. The fraction of sp³-hybridized carbons (Fsp3) is 0.357. The van der Waals surface area contributed by atoms with Crippen LogP contribution in [-0.2, 0) is 13.2 Å². The number of nitrogens with zero attached hydrogens (tertiary/aromatic N) is 1. The second-order valence-electron chi connectivity index (χ2n) is 4.38. The molecule has 0 aliphatic heterocycles. The Morgan fingerprint density at radius 3 is 2.75 bits per heavy atom.